The van der Waals surface area contributed by atoms with E-state index in [1.807, 2.05) is 0 Å². The molecule has 40 nitrogen and oxygen atoms in total. The fraction of sp³-hybridized carbons (Fsp3) is 0.867. The summed E-state index contributed by atoms with van der Waals surface area (Å²) in [6, 6.07) is 0. The molecule has 5 saturated heterocycles. The van der Waals surface area contributed by atoms with Gasteiger partial charge in [-0.15, -0.1) is 5.06 Å². The lowest BCUT2D eigenvalue weighted by Gasteiger charge is -2.40. The van der Waals surface area contributed by atoms with E-state index in [1.54, 1.807) is 0 Å². The molecule has 19 N–H and O–H groups in total. The van der Waals surface area contributed by atoms with Gasteiger partial charge in [-0.3, -0.25) is 38.5 Å². The van der Waals surface area contributed by atoms with Crippen molar-refractivity contribution in [2.45, 2.75) is 213 Å². The zero-order chi connectivity index (χ0) is 73.6. The standard InChI is InChI=1S/C60H103N7O33/c68-29-33-45(80)49(84)53(88)57(96-33)92-22-18-65(19-23-93-58-54(89)50(85)46(81)34(30-69)97-58)40(75)10-4-1-7-15-61-37(72)26-64(28-39(74)63-17-9-3-6-12-44(79)100-67-42(77)13-14-43(67)78)27-38(73)62-16-8-2-5-11-41(76)66(20-24-94-59-55(90)51(86)47(82)35(31-70)98-59)21-25-95-60-56(91)52(87)48(83)36(32-71)99-60/h33-36,45-60,68-71,80-91H,1-32H2,(H,61,72)(H,62,73)(H,63,74)/t33-,34-,35-,36-,45-,46-,47-,48-,49+,50+,51+,52+,53+,54+,55+,56+,57+,58?,59+,60?/m1/s1. The van der Waals surface area contributed by atoms with E-state index in [0.29, 0.717) is 50.0 Å². The van der Waals surface area contributed by atoms with Crippen LogP contribution in [-0.2, 0) is 81.1 Å². The van der Waals surface area contributed by atoms with E-state index in [4.69, 9.17) is 42.7 Å². The first-order valence-electron chi connectivity index (χ1n) is 33.6. The van der Waals surface area contributed by atoms with Crippen LogP contribution in [-0.4, -0.2) is 390 Å². The van der Waals surface area contributed by atoms with Crippen molar-refractivity contribution in [2.75, 3.05) is 118 Å². The van der Waals surface area contributed by atoms with Crippen molar-refractivity contribution in [1.82, 2.24) is 35.7 Å². The second-order valence-corrected chi connectivity index (χ2v) is 24.7. The summed E-state index contributed by atoms with van der Waals surface area (Å²) in [5.74, 6) is -4.55. The topological polar surface area (TPSA) is 592 Å². The van der Waals surface area contributed by atoms with Gasteiger partial charge in [0.1, 0.15) is 97.7 Å². The lowest BCUT2D eigenvalue weighted by Crippen LogP contribution is -2.59. The highest BCUT2D eigenvalue weighted by molar-refractivity contribution is 6.01. The number of hydrogen-bond donors (Lipinski definition) is 19. The molecule has 0 aromatic heterocycles. The second kappa shape index (κ2) is 44.6. The Bertz CT molecular complexity index is 2270. The van der Waals surface area contributed by atoms with Crippen molar-refractivity contribution in [2.24, 2.45) is 0 Å². The number of carbonyl (C=O) groups excluding carboxylic acids is 8. The van der Waals surface area contributed by atoms with Gasteiger partial charge in [-0.25, -0.2) is 4.79 Å². The van der Waals surface area contributed by atoms with Crippen molar-refractivity contribution in [3.63, 3.8) is 0 Å². The van der Waals surface area contributed by atoms with E-state index in [2.05, 4.69) is 16.0 Å². The molecule has 0 aromatic carbocycles. The lowest BCUT2D eigenvalue weighted by atomic mass is 9.99. The van der Waals surface area contributed by atoms with Crippen molar-refractivity contribution in [1.29, 1.82) is 0 Å². The Balaban J connectivity index is 1.10. The SMILES string of the molecule is O=C(CN(CC(=O)NCCCCCC(=O)N(CCOC1O[C@H](CO)[C@@H](O)[C@H](O)[C@@H]1O)CCO[C@H]1O[C@H](CO)[C@@H](O)[C@H](O)[C@@H]1O)CC(=O)NCCCCCC(=O)N(CCOC1O[C@H](CO)[C@@H](O)[C@H](O)[C@@H]1O)CCO[C@H]1O[C@H](CO)[C@@H](O)[C@H](O)[C@@H]1O)NCCCCCC(=O)ON1C(=O)CCC1=O. The van der Waals surface area contributed by atoms with Crippen LogP contribution in [0.25, 0.3) is 0 Å². The lowest BCUT2D eigenvalue weighted by molar-refractivity contribution is -0.303. The van der Waals surface area contributed by atoms with Crippen LogP contribution >= 0.6 is 0 Å². The van der Waals surface area contributed by atoms with Gasteiger partial charge in [-0.1, -0.05) is 19.3 Å². The Labute approximate surface area is 575 Å². The predicted octanol–water partition coefficient (Wildman–Crippen LogP) is -11.2. The molecule has 576 valence electrons. The van der Waals surface area contributed by atoms with Crippen LogP contribution in [0.15, 0.2) is 0 Å². The number of ether oxygens (including phenoxy) is 8. The summed E-state index contributed by atoms with van der Waals surface area (Å²) in [5.41, 5.74) is 0. The average molecular weight is 1450 g/mol. The maximum absolute atomic E-state index is 13.6. The molecule has 100 heavy (non-hydrogen) atoms. The minimum atomic E-state index is -1.73. The summed E-state index contributed by atoms with van der Waals surface area (Å²) in [6.07, 6.45) is -28.6. The first-order chi connectivity index (χ1) is 47.7. The molecule has 5 rings (SSSR count). The fourth-order valence-corrected chi connectivity index (χ4v) is 11.1. The molecule has 0 spiro atoms. The van der Waals surface area contributed by atoms with Crippen molar-refractivity contribution < 1.29 is 163 Å². The monoisotopic (exact) mass is 1450 g/mol. The highest BCUT2D eigenvalue weighted by Crippen LogP contribution is 2.26. The van der Waals surface area contributed by atoms with Gasteiger partial charge in [0.25, 0.3) is 11.8 Å². The zero-order valence-electron chi connectivity index (χ0n) is 55.6. The van der Waals surface area contributed by atoms with E-state index in [1.165, 1.54) is 14.7 Å². The highest BCUT2D eigenvalue weighted by atomic mass is 16.7. The Morgan fingerprint density at radius 1 is 0.380 bits per heavy atom. The van der Waals surface area contributed by atoms with Gasteiger partial charge in [-0.2, -0.15) is 0 Å². The molecule has 5 heterocycles. The molecule has 5 aliphatic heterocycles. The Morgan fingerprint density at radius 3 is 0.920 bits per heavy atom. The maximum atomic E-state index is 13.6. The molecule has 0 aromatic rings. The Hall–Kier alpha value is -5.04. The van der Waals surface area contributed by atoms with Crippen LogP contribution in [0, 0.1) is 0 Å². The molecule has 5 aliphatic rings. The van der Waals surface area contributed by atoms with Crippen LogP contribution < -0.4 is 16.0 Å². The summed E-state index contributed by atoms with van der Waals surface area (Å²) in [5, 5.41) is 170. The Kier molecular flexibility index (Phi) is 38.2. The first-order valence-corrected chi connectivity index (χ1v) is 33.6. The Morgan fingerprint density at radius 2 is 0.650 bits per heavy atom. The molecule has 2 unspecified atom stereocenters. The third kappa shape index (κ3) is 26.9. The number of carbonyl (C=O) groups is 8. The molecule has 40 heteroatoms. The summed E-state index contributed by atoms with van der Waals surface area (Å²) in [4.78, 5) is 112. The summed E-state index contributed by atoms with van der Waals surface area (Å²) in [7, 11) is 0. The largest absolute Gasteiger partial charge is 0.394 e. The molecule has 0 saturated carbocycles. The van der Waals surface area contributed by atoms with Crippen LogP contribution in [0.1, 0.15) is 89.9 Å². The van der Waals surface area contributed by atoms with Gasteiger partial charge >= 0.3 is 5.97 Å². The van der Waals surface area contributed by atoms with E-state index >= 15 is 0 Å². The number of nitrogens with one attached hydrogen (secondary N) is 3. The third-order valence-corrected chi connectivity index (χ3v) is 17.1. The quantitative estimate of drug-likeness (QED) is 0.0199. The van der Waals surface area contributed by atoms with E-state index in [0.717, 1.165) is 0 Å². The summed E-state index contributed by atoms with van der Waals surface area (Å²) in [6.45, 7) is -5.61. The van der Waals surface area contributed by atoms with Gasteiger partial charge < -0.3 is 150 Å². The number of unbranched alkanes of at least 4 members (excludes halogenated alkanes) is 6. The number of rotatable bonds is 45. The van der Waals surface area contributed by atoms with Gasteiger partial charge in [0.2, 0.25) is 29.5 Å². The molecule has 0 bridgehead atoms. The molecule has 0 aliphatic carbocycles. The van der Waals surface area contributed by atoms with Crippen molar-refractivity contribution in [3.8, 4) is 0 Å². The van der Waals surface area contributed by atoms with Gasteiger partial charge in [-0.05, 0) is 38.5 Å². The smallest absolute Gasteiger partial charge is 0.333 e. The summed E-state index contributed by atoms with van der Waals surface area (Å²) < 4.78 is 43.9. The number of hydroxylamine groups is 2. The molecule has 7 amide bonds. The number of aliphatic hydroxyl groups excluding tert-OH is 16. The molecule has 20 atom stereocenters. The van der Waals surface area contributed by atoms with Crippen LogP contribution in [0.3, 0.4) is 0 Å². The molecular weight excluding hydrogens is 1350 g/mol. The van der Waals surface area contributed by atoms with Gasteiger partial charge in [0, 0.05) is 77.9 Å². The summed E-state index contributed by atoms with van der Waals surface area (Å²) >= 11 is 0. The average Bonchev–Trinajstić information content (AvgIpc) is 1.20. The normalized spacial score (nSPS) is 30.9. The predicted molar refractivity (Wildman–Crippen MR) is 330 cm³/mol. The highest BCUT2D eigenvalue weighted by Gasteiger charge is 2.48. The fourth-order valence-electron chi connectivity index (χ4n) is 11.1. The second-order valence-electron chi connectivity index (χ2n) is 24.7. The maximum Gasteiger partial charge on any atom is 0.333 e. The first kappa shape index (κ1) is 85.6. The molecule has 5 fully saturated rings. The van der Waals surface area contributed by atoms with E-state index in [9.17, 15) is 120 Å². The van der Waals surface area contributed by atoms with E-state index in [-0.39, 0.29) is 117 Å². The minimum absolute atomic E-state index is 0.0526. The molecule has 0 radical (unpaired) electrons. The van der Waals surface area contributed by atoms with Crippen LogP contribution in [0.4, 0.5) is 0 Å². The van der Waals surface area contributed by atoms with Gasteiger partial charge in [0.05, 0.1) is 72.5 Å². The van der Waals surface area contributed by atoms with Crippen molar-refractivity contribution in [3.05, 3.63) is 0 Å². The molecular formula is C60H103N7O33. The number of nitrogens with zero attached hydrogens (tertiary/aromatic N) is 4. The van der Waals surface area contributed by atoms with Gasteiger partial charge in [0.15, 0.2) is 25.2 Å². The van der Waals surface area contributed by atoms with E-state index < -0.39 is 216 Å². The zero-order valence-corrected chi connectivity index (χ0v) is 55.6. The van der Waals surface area contributed by atoms with Crippen molar-refractivity contribution >= 4 is 47.3 Å². The number of aliphatic hydroxyl groups is 16. The number of amides is 7. The number of hydrogen-bond acceptors (Lipinski definition) is 34. The van der Waals surface area contributed by atoms with Crippen LogP contribution in [0.2, 0.25) is 0 Å². The number of imide groups is 1. The minimum Gasteiger partial charge on any atom is -0.394 e. The van der Waals surface area contributed by atoms with Crippen LogP contribution in [0.5, 0.6) is 0 Å². The third-order valence-electron chi connectivity index (χ3n) is 17.1.